The number of nitrogens with zero attached hydrogens (tertiary/aromatic N) is 2. The van der Waals surface area contributed by atoms with Crippen LogP contribution in [0.25, 0.3) is 0 Å². The number of carbonyl (C=O) groups is 2. The second-order valence-electron chi connectivity index (χ2n) is 16.8. The maximum atomic E-state index is 12.8. The van der Waals surface area contributed by atoms with Gasteiger partial charge in [0.1, 0.15) is 30.7 Å². The summed E-state index contributed by atoms with van der Waals surface area (Å²) >= 11 is 0. The number of esters is 2. The Morgan fingerprint density at radius 2 is 1.48 bits per heavy atom. The van der Waals surface area contributed by atoms with Crippen molar-refractivity contribution in [1.82, 2.24) is 9.55 Å². The van der Waals surface area contributed by atoms with Gasteiger partial charge >= 0.3 is 33.3 Å². The van der Waals surface area contributed by atoms with Crippen molar-refractivity contribution in [3.8, 4) is 0 Å². The number of nitrogens with two attached hydrogens (primary N) is 1. The van der Waals surface area contributed by atoms with Gasteiger partial charge in [-0.1, -0.05) is 110 Å². The van der Waals surface area contributed by atoms with Gasteiger partial charge in [-0.3, -0.25) is 23.2 Å². The monoisotopic (exact) mass is 937 g/mol. The molecule has 6 N–H and O–H groups in total. The third kappa shape index (κ3) is 23.0. The highest BCUT2D eigenvalue weighted by Gasteiger charge is 2.46. The Labute approximate surface area is 371 Å². The number of anilines is 1. The molecule has 0 spiro atoms. The van der Waals surface area contributed by atoms with Crippen molar-refractivity contribution in [2.24, 2.45) is 5.92 Å². The molecular weight excluding hydrogens is 864 g/mol. The summed E-state index contributed by atoms with van der Waals surface area (Å²) in [6, 6.07) is 1.24. The first-order valence-corrected chi connectivity index (χ1v) is 25.7. The first-order valence-electron chi connectivity index (χ1n) is 22.7. The first kappa shape index (κ1) is 54.8. The topological polar surface area (TPSA) is 278 Å². The molecule has 1 aromatic rings. The number of nitrogen functional groups attached to an aromatic ring is 1. The quantitative estimate of drug-likeness (QED) is 0.0151. The van der Waals surface area contributed by atoms with Crippen LogP contribution in [0.4, 0.5) is 5.82 Å². The number of unbranched alkanes of at least 4 members (excludes halogenated alkanes) is 12. The minimum Gasteiger partial charge on any atom is -0.462 e. The van der Waals surface area contributed by atoms with Gasteiger partial charge in [0.25, 0.3) is 0 Å². The standard InChI is InChI=1S/C42H73N3O16P2/c1-4-5-16-22-33-34(59-33)23-18-13-8-6-7-9-14-19-24-37(46)55-28-32(58-38(47)25-20-15-11-10-12-17-21-31(2)3)29-56-62(51,52)61-63(53,54)57-30-35-39(48)40(49)41(60-35)45-27-26-36(43)44-42(45)50/h13,18,26-27,31-35,39-41,48-49H,4-12,14-17,19-25,28-30H2,1-3H3,(H,51,52)(H,53,54)(H2,43,44,50)/b18-13-/t32-,33?,34?,35-,39-,40-,41-/m1/s1. The van der Waals surface area contributed by atoms with Crippen molar-refractivity contribution in [2.75, 3.05) is 25.6 Å². The van der Waals surface area contributed by atoms with Crippen LogP contribution in [0, 0.1) is 5.92 Å². The van der Waals surface area contributed by atoms with E-state index in [1.54, 1.807) is 0 Å². The fourth-order valence-corrected chi connectivity index (χ4v) is 9.14. The van der Waals surface area contributed by atoms with Crippen molar-refractivity contribution < 1.29 is 71.0 Å². The average molecular weight is 938 g/mol. The molecule has 3 rings (SSSR count). The van der Waals surface area contributed by atoms with E-state index in [0.29, 0.717) is 31.0 Å². The van der Waals surface area contributed by atoms with E-state index in [1.807, 2.05) is 0 Å². The molecule has 2 saturated heterocycles. The molecule has 2 fully saturated rings. The van der Waals surface area contributed by atoms with Crippen LogP contribution in [-0.2, 0) is 51.0 Å². The van der Waals surface area contributed by atoms with Crippen LogP contribution in [0.5, 0.6) is 0 Å². The van der Waals surface area contributed by atoms with Crippen LogP contribution < -0.4 is 11.4 Å². The van der Waals surface area contributed by atoms with Gasteiger partial charge < -0.3 is 44.7 Å². The van der Waals surface area contributed by atoms with Crippen molar-refractivity contribution in [3.05, 3.63) is 34.9 Å². The molecule has 0 amide bonds. The molecule has 0 bridgehead atoms. The molecule has 0 radical (unpaired) electrons. The Morgan fingerprint density at radius 3 is 2.16 bits per heavy atom. The third-order valence-electron chi connectivity index (χ3n) is 10.7. The summed E-state index contributed by atoms with van der Waals surface area (Å²) < 4.78 is 62.2. The van der Waals surface area contributed by atoms with E-state index >= 15 is 0 Å². The van der Waals surface area contributed by atoms with Crippen LogP contribution in [-0.4, -0.2) is 97.9 Å². The molecule has 1 aromatic heterocycles. The summed E-state index contributed by atoms with van der Waals surface area (Å²) in [6.45, 7) is 4.26. The molecule has 4 unspecified atom stereocenters. The van der Waals surface area contributed by atoms with Gasteiger partial charge in [-0.2, -0.15) is 9.29 Å². The second kappa shape index (κ2) is 29.2. The average Bonchev–Trinajstić information content (AvgIpc) is 3.91. The van der Waals surface area contributed by atoms with Crippen LogP contribution in [0.15, 0.2) is 29.2 Å². The van der Waals surface area contributed by atoms with E-state index in [2.05, 4.69) is 42.2 Å². The van der Waals surface area contributed by atoms with Gasteiger partial charge in [-0.15, -0.1) is 0 Å². The van der Waals surface area contributed by atoms with Gasteiger partial charge in [0, 0.05) is 19.0 Å². The number of epoxide rings is 1. The summed E-state index contributed by atoms with van der Waals surface area (Å²) in [6.07, 6.45) is 16.7. The van der Waals surface area contributed by atoms with Gasteiger partial charge in [-0.05, 0) is 50.5 Å². The molecule has 362 valence electrons. The number of allylic oxidation sites excluding steroid dienone is 1. The predicted octanol–water partition coefficient (Wildman–Crippen LogP) is 6.95. The number of carbonyl (C=O) groups excluding carboxylic acids is 2. The zero-order valence-electron chi connectivity index (χ0n) is 37.2. The molecular formula is C42H73N3O16P2. The summed E-state index contributed by atoms with van der Waals surface area (Å²) in [5.74, 6) is -0.664. The zero-order valence-corrected chi connectivity index (χ0v) is 39.0. The third-order valence-corrected chi connectivity index (χ3v) is 13.3. The van der Waals surface area contributed by atoms with Crippen LogP contribution in [0.2, 0.25) is 0 Å². The maximum Gasteiger partial charge on any atom is 0.481 e. The molecule has 19 nitrogen and oxygen atoms in total. The Kier molecular flexibility index (Phi) is 25.4. The number of rotatable bonds is 35. The molecule has 2 aliphatic heterocycles. The molecule has 21 heteroatoms. The van der Waals surface area contributed by atoms with Gasteiger partial charge in [-0.25, -0.2) is 13.9 Å². The van der Waals surface area contributed by atoms with E-state index in [0.717, 1.165) is 87.8 Å². The van der Waals surface area contributed by atoms with Crippen molar-refractivity contribution in [3.63, 3.8) is 0 Å². The number of aliphatic hydroxyl groups excluding tert-OH is 2. The first-order chi connectivity index (χ1) is 30.0. The van der Waals surface area contributed by atoms with E-state index in [4.69, 9.17) is 33.7 Å². The van der Waals surface area contributed by atoms with Crippen molar-refractivity contribution in [2.45, 2.75) is 192 Å². The summed E-state index contributed by atoms with van der Waals surface area (Å²) in [5.41, 5.74) is 4.57. The smallest absolute Gasteiger partial charge is 0.462 e. The molecule has 3 heterocycles. The lowest BCUT2D eigenvalue weighted by molar-refractivity contribution is -0.161. The van der Waals surface area contributed by atoms with Gasteiger partial charge in [0.2, 0.25) is 0 Å². The van der Waals surface area contributed by atoms with Crippen LogP contribution in [0.3, 0.4) is 0 Å². The highest BCUT2D eigenvalue weighted by atomic mass is 31.3. The number of aliphatic hydroxyl groups is 2. The maximum absolute atomic E-state index is 12.8. The lowest BCUT2D eigenvalue weighted by Crippen LogP contribution is -2.36. The largest absolute Gasteiger partial charge is 0.481 e. The van der Waals surface area contributed by atoms with E-state index < -0.39 is 83.7 Å². The lowest BCUT2D eigenvalue weighted by Gasteiger charge is -2.21. The molecule has 9 atom stereocenters. The van der Waals surface area contributed by atoms with Gasteiger partial charge in [0.15, 0.2) is 12.3 Å². The van der Waals surface area contributed by atoms with Crippen LogP contribution >= 0.6 is 15.6 Å². The fraction of sp³-hybridized carbons (Fsp3) is 0.810. The van der Waals surface area contributed by atoms with E-state index in [-0.39, 0.29) is 18.7 Å². The number of hydrogen-bond donors (Lipinski definition) is 5. The molecule has 0 aliphatic carbocycles. The normalized spacial score (nSPS) is 23.4. The molecule has 2 aliphatic rings. The van der Waals surface area contributed by atoms with E-state index in [1.165, 1.54) is 31.7 Å². The number of phosphoric acid groups is 2. The highest BCUT2D eigenvalue weighted by Crippen LogP contribution is 2.60. The van der Waals surface area contributed by atoms with Crippen molar-refractivity contribution in [1.29, 1.82) is 0 Å². The van der Waals surface area contributed by atoms with Gasteiger partial charge in [0.05, 0.1) is 25.4 Å². The number of hydrogen-bond acceptors (Lipinski definition) is 16. The Balaban J connectivity index is 1.41. The fourth-order valence-electron chi connectivity index (χ4n) is 7.03. The van der Waals surface area contributed by atoms with Crippen molar-refractivity contribution >= 4 is 33.4 Å². The van der Waals surface area contributed by atoms with Crippen LogP contribution in [0.1, 0.15) is 155 Å². The summed E-state index contributed by atoms with van der Waals surface area (Å²) in [4.78, 5) is 61.6. The minimum absolute atomic E-state index is 0.0435. The number of ether oxygens (including phenoxy) is 4. The SMILES string of the molecule is CCCCCC1OC1C/C=C\CCCCCCCC(=O)OC[C@H](COP(=O)(O)OP(=O)(O)OC[C@H]1O[C@@H](n2ccc(N)nc2=O)[C@H](O)[C@@H]1O)OC(=O)CCCCCCCCC(C)C. The molecule has 63 heavy (non-hydrogen) atoms. The Morgan fingerprint density at radius 1 is 0.825 bits per heavy atom. The van der Waals surface area contributed by atoms with E-state index in [9.17, 15) is 43.5 Å². The highest BCUT2D eigenvalue weighted by molar-refractivity contribution is 7.61. The molecule has 0 aromatic carbocycles. The zero-order chi connectivity index (χ0) is 46.3. The predicted molar refractivity (Wildman–Crippen MR) is 233 cm³/mol. The lowest BCUT2D eigenvalue weighted by atomic mass is 10.0. The summed E-state index contributed by atoms with van der Waals surface area (Å²) in [5, 5.41) is 20.8. The Hall–Kier alpha value is -2.54. The number of phosphoric ester groups is 2. The minimum atomic E-state index is -5.42. The Bertz CT molecular complexity index is 1680. The number of aromatic nitrogens is 2. The molecule has 0 saturated carbocycles. The summed E-state index contributed by atoms with van der Waals surface area (Å²) in [7, 11) is -10.8. The second-order valence-corrected chi connectivity index (χ2v) is 19.8.